The van der Waals surface area contributed by atoms with E-state index in [1.54, 1.807) is 0 Å². The van der Waals surface area contributed by atoms with Gasteiger partial charge in [0.05, 0.1) is 6.61 Å². The number of carbonyl (C=O) groups excluding carboxylic acids is 1. The second-order valence-corrected chi connectivity index (χ2v) is 5.73. The highest BCUT2D eigenvalue weighted by atomic mass is 32.3. The maximum atomic E-state index is 11.0. The van der Waals surface area contributed by atoms with Crippen molar-refractivity contribution in [2.75, 3.05) is 6.61 Å². The molecular weight excluding hydrogens is 296 g/mol. The van der Waals surface area contributed by atoms with E-state index in [2.05, 4.69) is 6.92 Å². The summed E-state index contributed by atoms with van der Waals surface area (Å²) in [4.78, 5) is 11.0. The first-order valence-corrected chi connectivity index (χ1v) is 9.06. The molecule has 0 aliphatic carbocycles. The first-order chi connectivity index (χ1) is 9.81. The van der Waals surface area contributed by atoms with Crippen LogP contribution < -0.4 is 0 Å². The van der Waals surface area contributed by atoms with Crippen molar-refractivity contribution in [1.29, 1.82) is 0 Å². The fourth-order valence-electron chi connectivity index (χ4n) is 1.81. The number of carbonyl (C=O) groups is 1. The van der Waals surface area contributed by atoms with Crippen molar-refractivity contribution in [3.63, 3.8) is 0 Å². The third kappa shape index (κ3) is 32.7. The van der Waals surface area contributed by atoms with Gasteiger partial charge in [0.1, 0.15) is 0 Å². The summed E-state index contributed by atoms with van der Waals surface area (Å²) in [5, 5.41) is 0. The van der Waals surface area contributed by atoms with Crippen molar-refractivity contribution in [3.05, 3.63) is 0 Å². The third-order valence-electron chi connectivity index (χ3n) is 2.79. The Kier molecular flexibility index (Phi) is 16.9. The first-order valence-electron chi connectivity index (χ1n) is 7.66. The van der Waals surface area contributed by atoms with Gasteiger partial charge in [-0.1, -0.05) is 58.3 Å². The molecule has 0 aromatic carbocycles. The average molecular weight is 326 g/mol. The minimum atomic E-state index is -4.67. The molecule has 21 heavy (non-hydrogen) atoms. The molecule has 0 saturated carbocycles. The van der Waals surface area contributed by atoms with E-state index < -0.39 is 10.4 Å². The molecule has 128 valence electrons. The van der Waals surface area contributed by atoms with Gasteiger partial charge >= 0.3 is 16.4 Å². The van der Waals surface area contributed by atoms with E-state index in [0.29, 0.717) is 13.0 Å². The van der Waals surface area contributed by atoms with Crippen molar-refractivity contribution in [2.45, 2.75) is 78.1 Å². The molecule has 0 rings (SSSR count). The van der Waals surface area contributed by atoms with Gasteiger partial charge in [-0.2, -0.15) is 8.42 Å². The Morgan fingerprint density at radius 1 is 0.857 bits per heavy atom. The Hall–Kier alpha value is -0.660. The zero-order valence-electron chi connectivity index (χ0n) is 13.2. The van der Waals surface area contributed by atoms with Crippen LogP contribution in [-0.2, 0) is 19.9 Å². The molecule has 0 aliphatic heterocycles. The van der Waals surface area contributed by atoms with E-state index in [0.717, 1.165) is 6.42 Å². The van der Waals surface area contributed by atoms with Crippen LogP contribution in [0.5, 0.6) is 0 Å². The Bertz CT molecular complexity index is 318. The highest BCUT2D eigenvalue weighted by Crippen LogP contribution is 2.10. The van der Waals surface area contributed by atoms with Crippen molar-refractivity contribution in [1.82, 2.24) is 0 Å². The highest BCUT2D eigenvalue weighted by Gasteiger charge is 2.00. The van der Waals surface area contributed by atoms with E-state index >= 15 is 0 Å². The molecule has 0 saturated heterocycles. The standard InChI is InChI=1S/C14H28O2.H2O4S/c1-3-5-6-7-8-9-10-11-12-13-14(15)16-4-2;1-5(2,3)4/h3-13H2,1-2H3;(H2,1,2,3,4). The molecule has 0 aromatic rings. The van der Waals surface area contributed by atoms with Crippen LogP contribution in [0.1, 0.15) is 78.1 Å². The van der Waals surface area contributed by atoms with Crippen LogP contribution >= 0.6 is 0 Å². The number of unbranched alkanes of at least 4 members (excludes halogenated alkanes) is 8. The molecule has 0 spiro atoms. The predicted molar refractivity (Wildman–Crippen MR) is 82.7 cm³/mol. The van der Waals surface area contributed by atoms with Crippen LogP contribution in [0.25, 0.3) is 0 Å². The van der Waals surface area contributed by atoms with E-state index in [1.165, 1.54) is 51.4 Å². The average Bonchev–Trinajstić information content (AvgIpc) is 2.35. The number of ether oxygens (including phenoxy) is 1. The summed E-state index contributed by atoms with van der Waals surface area (Å²) in [5.41, 5.74) is 0. The molecule has 0 atom stereocenters. The topological polar surface area (TPSA) is 101 Å². The second kappa shape index (κ2) is 15.7. The molecule has 0 amide bonds. The Morgan fingerprint density at radius 2 is 1.24 bits per heavy atom. The molecular formula is C14H30O6S. The van der Waals surface area contributed by atoms with Crippen LogP contribution in [-0.4, -0.2) is 30.1 Å². The monoisotopic (exact) mass is 326 g/mol. The lowest BCUT2D eigenvalue weighted by molar-refractivity contribution is -0.143. The van der Waals surface area contributed by atoms with Gasteiger partial charge in [0.15, 0.2) is 0 Å². The van der Waals surface area contributed by atoms with Crippen molar-refractivity contribution >= 4 is 16.4 Å². The maximum absolute atomic E-state index is 11.0. The Balaban J connectivity index is 0. The molecule has 0 unspecified atom stereocenters. The van der Waals surface area contributed by atoms with E-state index in [-0.39, 0.29) is 5.97 Å². The Morgan fingerprint density at radius 3 is 1.62 bits per heavy atom. The SMILES string of the molecule is CCCCCCCCCCCC(=O)OCC.O=S(=O)(O)O. The molecule has 0 aromatic heterocycles. The van der Waals surface area contributed by atoms with Gasteiger partial charge in [-0.25, -0.2) is 0 Å². The summed E-state index contributed by atoms with van der Waals surface area (Å²) in [5.74, 6) is -0.0366. The maximum Gasteiger partial charge on any atom is 0.394 e. The van der Waals surface area contributed by atoms with Crippen LogP contribution in [0.4, 0.5) is 0 Å². The molecule has 0 fully saturated rings. The molecule has 7 heteroatoms. The molecule has 0 aliphatic rings. The molecule has 2 N–H and O–H groups in total. The molecule has 0 heterocycles. The summed E-state index contributed by atoms with van der Waals surface area (Å²) in [6.45, 7) is 4.61. The van der Waals surface area contributed by atoms with E-state index in [9.17, 15) is 4.79 Å². The summed E-state index contributed by atoms with van der Waals surface area (Å²) >= 11 is 0. The van der Waals surface area contributed by atoms with Gasteiger partial charge < -0.3 is 4.74 Å². The fraction of sp³-hybridized carbons (Fsp3) is 0.929. The van der Waals surface area contributed by atoms with Crippen molar-refractivity contribution < 1.29 is 27.1 Å². The molecule has 6 nitrogen and oxygen atoms in total. The predicted octanol–water partition coefficient (Wildman–Crippen LogP) is 3.82. The summed E-state index contributed by atoms with van der Waals surface area (Å²) in [6.07, 6.45) is 12.2. The number of rotatable bonds is 11. The van der Waals surface area contributed by atoms with E-state index in [1.807, 2.05) is 6.92 Å². The van der Waals surface area contributed by atoms with Crippen LogP contribution in [0, 0.1) is 0 Å². The third-order valence-corrected chi connectivity index (χ3v) is 2.79. The minimum absolute atomic E-state index is 0.0366. The van der Waals surface area contributed by atoms with Crippen molar-refractivity contribution in [3.8, 4) is 0 Å². The largest absolute Gasteiger partial charge is 0.466 e. The van der Waals surface area contributed by atoms with Crippen LogP contribution in [0.15, 0.2) is 0 Å². The highest BCUT2D eigenvalue weighted by molar-refractivity contribution is 7.79. The van der Waals surface area contributed by atoms with Gasteiger partial charge in [-0.3, -0.25) is 13.9 Å². The summed E-state index contributed by atoms with van der Waals surface area (Å²) in [6, 6.07) is 0. The number of hydrogen-bond donors (Lipinski definition) is 2. The smallest absolute Gasteiger partial charge is 0.394 e. The zero-order chi connectivity index (χ0) is 16.6. The lowest BCUT2D eigenvalue weighted by Gasteiger charge is -2.02. The molecule has 0 bridgehead atoms. The quantitative estimate of drug-likeness (QED) is 0.340. The minimum Gasteiger partial charge on any atom is -0.466 e. The fourth-order valence-corrected chi connectivity index (χ4v) is 1.81. The molecule has 0 radical (unpaired) electrons. The number of esters is 1. The van der Waals surface area contributed by atoms with E-state index in [4.69, 9.17) is 22.3 Å². The summed E-state index contributed by atoms with van der Waals surface area (Å²) < 4.78 is 36.5. The number of hydrogen-bond acceptors (Lipinski definition) is 4. The van der Waals surface area contributed by atoms with Gasteiger partial charge in [0.2, 0.25) is 0 Å². The van der Waals surface area contributed by atoms with Gasteiger partial charge in [0, 0.05) is 6.42 Å². The van der Waals surface area contributed by atoms with Gasteiger partial charge in [0.25, 0.3) is 0 Å². The lowest BCUT2D eigenvalue weighted by Crippen LogP contribution is -2.03. The normalized spacial score (nSPS) is 10.7. The first kappa shape index (κ1) is 22.6. The van der Waals surface area contributed by atoms with Crippen LogP contribution in [0.2, 0.25) is 0 Å². The van der Waals surface area contributed by atoms with Gasteiger partial charge in [-0.05, 0) is 13.3 Å². The van der Waals surface area contributed by atoms with Crippen molar-refractivity contribution in [2.24, 2.45) is 0 Å². The zero-order valence-corrected chi connectivity index (χ0v) is 14.0. The van der Waals surface area contributed by atoms with Crippen LogP contribution in [0.3, 0.4) is 0 Å². The lowest BCUT2D eigenvalue weighted by atomic mass is 10.1. The summed E-state index contributed by atoms with van der Waals surface area (Å²) in [7, 11) is -4.67. The second-order valence-electron chi connectivity index (χ2n) is 4.83. The Labute approximate surface area is 128 Å². The van der Waals surface area contributed by atoms with Gasteiger partial charge in [-0.15, -0.1) is 0 Å².